The summed E-state index contributed by atoms with van der Waals surface area (Å²) in [6, 6.07) is 20.5. The van der Waals surface area contributed by atoms with Gasteiger partial charge in [0.05, 0.1) is 5.60 Å². The number of benzene rings is 2. The SMILES string of the molecule is C.C1=CC2CCCC2C=C1.C1=CC2CCCC2C=C1.C1CCCC1.C1CCCC1.C1CCCC1.C1CCCC1.CC(C)(C)Cc1ccccc1.CC(C)(C)O.[CH2-]c1ccccc1.[CH3-].[CH3-].[CH3-].[CH3-].[CH3-].[CH3-].[CH3-].[CH3-].[CH3-].[CH3-].[Ti+3].[Zr+4].[Zr+4]. The molecule has 8 aliphatic rings. The fourth-order valence-corrected chi connectivity index (χ4v) is 9.04. The van der Waals surface area contributed by atoms with Gasteiger partial charge in [-0.25, -0.2) is 0 Å². The van der Waals surface area contributed by atoms with E-state index < -0.39 is 5.60 Å². The Morgan fingerprint density at radius 2 is 0.560 bits per heavy atom. The van der Waals surface area contributed by atoms with Crippen molar-refractivity contribution in [1.29, 1.82) is 0 Å². The first-order valence-electron chi connectivity index (χ1n) is 25.7. The molecule has 0 bridgehead atoms. The van der Waals surface area contributed by atoms with E-state index in [0.717, 1.165) is 35.7 Å². The van der Waals surface area contributed by atoms with Crippen LogP contribution in [0.25, 0.3) is 0 Å². The number of hydrogen-bond donors (Lipinski definition) is 1. The Balaban J connectivity index is -0.0000000519. The molecule has 4 heteroatoms. The van der Waals surface area contributed by atoms with E-state index in [9.17, 15) is 0 Å². The second-order valence-corrected chi connectivity index (χ2v) is 21.0. The Morgan fingerprint density at radius 3 is 0.720 bits per heavy atom. The fourth-order valence-electron chi connectivity index (χ4n) is 9.04. The van der Waals surface area contributed by atoms with E-state index in [0.29, 0.717) is 5.41 Å². The normalized spacial score (nSPS) is 19.1. The van der Waals surface area contributed by atoms with Crippen LogP contribution in [0.15, 0.2) is 109 Å². The van der Waals surface area contributed by atoms with Crippen LogP contribution in [0.5, 0.6) is 0 Å². The molecule has 2 aromatic carbocycles. The molecule has 6 fully saturated rings. The molecule has 0 saturated heterocycles. The molecule has 10 rings (SSSR count). The summed E-state index contributed by atoms with van der Waals surface area (Å²) in [6.07, 6.45) is 57.9. The number of rotatable bonds is 1. The first-order valence-corrected chi connectivity index (χ1v) is 25.7. The van der Waals surface area contributed by atoms with Crippen molar-refractivity contribution in [3.8, 4) is 0 Å². The zero-order chi connectivity index (χ0) is 44.3. The van der Waals surface area contributed by atoms with Crippen LogP contribution in [0.1, 0.15) is 227 Å². The van der Waals surface area contributed by atoms with Gasteiger partial charge in [0.15, 0.2) is 0 Å². The van der Waals surface area contributed by atoms with E-state index in [1.165, 1.54) is 173 Å². The predicted octanol–water partition coefficient (Wildman–Crippen LogP) is 23.9. The molecule has 0 aliphatic heterocycles. The molecule has 4 unspecified atom stereocenters. The van der Waals surface area contributed by atoms with Crippen LogP contribution in [0.4, 0.5) is 0 Å². The van der Waals surface area contributed by atoms with Crippen LogP contribution in [0.3, 0.4) is 0 Å². The minimum absolute atomic E-state index is 0. The van der Waals surface area contributed by atoms with Gasteiger partial charge >= 0.3 is 74.1 Å². The Hall–Kier alpha value is -0.289. The maximum Gasteiger partial charge on any atom is 4.00 e. The number of allylic oxidation sites excluding steroid dienone is 8. The van der Waals surface area contributed by atoms with Gasteiger partial charge in [0.2, 0.25) is 0 Å². The molecule has 2 aromatic rings. The first-order chi connectivity index (χ1) is 29.4. The van der Waals surface area contributed by atoms with Crippen molar-refractivity contribution in [3.63, 3.8) is 0 Å². The molecule has 6 saturated carbocycles. The quantitative estimate of drug-likeness (QED) is 0.223. The standard InChI is InChI=1S/C11H16.2C9H12.C7H7.4C5H10.C4H10O.CH4.10CH3.Ti.2Zr/c1-11(2,3)9-10-7-5-4-6-8-10;2*1-2-5-9-7-3-6-8(9)4-1;1-7-5-3-2-4-6-7;4*1-2-4-5-3-1;1-4(2,3)5;;;;;;;;;;;;;;/h4-8H,9H2,1-3H3;2*1-2,4-5,8-9H,3,6-7H2;2-6H,1H2;4*1-5H2;5H,1-3H3;1H4;10*1H3;;;/q;;;-1;;;;;;;10*-1;+3;2*+4. The largest absolute Gasteiger partial charge is 4.00 e. The van der Waals surface area contributed by atoms with Crippen molar-refractivity contribution in [2.24, 2.45) is 29.1 Å². The molecule has 0 heterocycles. The second-order valence-electron chi connectivity index (χ2n) is 21.0. The predicted molar refractivity (Wildman–Crippen MR) is 344 cm³/mol. The van der Waals surface area contributed by atoms with Gasteiger partial charge in [0.25, 0.3) is 0 Å². The molecule has 8 aliphatic carbocycles. The van der Waals surface area contributed by atoms with E-state index in [-0.39, 0.29) is 156 Å². The van der Waals surface area contributed by atoms with Crippen molar-refractivity contribution in [3.05, 3.63) is 202 Å². The molecule has 4 atom stereocenters. The van der Waals surface area contributed by atoms with Gasteiger partial charge < -0.3 is 79.4 Å². The summed E-state index contributed by atoms with van der Waals surface area (Å²) in [6.45, 7) is 15.7. The molecule has 0 amide bonds. The van der Waals surface area contributed by atoms with E-state index in [1.54, 1.807) is 20.8 Å². The Labute approximate surface area is 533 Å². The fraction of sp³-hybridized carbons (Fsp3) is 0.563. The van der Waals surface area contributed by atoms with E-state index in [1.807, 2.05) is 30.3 Å². The molecule has 0 spiro atoms. The summed E-state index contributed by atoms with van der Waals surface area (Å²) in [5.41, 5.74) is 2.41. The minimum atomic E-state index is -0.500. The summed E-state index contributed by atoms with van der Waals surface area (Å²) < 4.78 is 0. The van der Waals surface area contributed by atoms with Crippen LogP contribution in [-0.4, -0.2) is 10.7 Å². The monoisotopic (exact) mass is 1230 g/mol. The second kappa shape index (κ2) is 69.8. The van der Waals surface area contributed by atoms with E-state index in [4.69, 9.17) is 5.11 Å². The molecule has 1 nitrogen and oxygen atoms in total. The summed E-state index contributed by atoms with van der Waals surface area (Å²) in [5, 5.41) is 8.52. The number of aliphatic hydroxyl groups is 1. The van der Waals surface area contributed by atoms with Crippen molar-refractivity contribution in [2.45, 2.75) is 228 Å². The van der Waals surface area contributed by atoms with Gasteiger partial charge in [0.1, 0.15) is 0 Å². The Morgan fingerprint density at radius 1 is 0.373 bits per heavy atom. The van der Waals surface area contributed by atoms with E-state index in [2.05, 4.69) is 107 Å². The van der Waals surface area contributed by atoms with Gasteiger partial charge in [-0.1, -0.05) is 254 Å². The van der Waals surface area contributed by atoms with Crippen LogP contribution < -0.4 is 0 Å². The molecule has 75 heavy (non-hydrogen) atoms. The topological polar surface area (TPSA) is 20.2 Å². The summed E-state index contributed by atoms with van der Waals surface area (Å²) in [4.78, 5) is 0. The van der Waals surface area contributed by atoms with Gasteiger partial charge in [-0.15, -0.1) is 12.1 Å². The summed E-state index contributed by atoms with van der Waals surface area (Å²) in [7, 11) is 0. The van der Waals surface area contributed by atoms with Crippen LogP contribution in [-0.2, 0) is 80.5 Å². The van der Waals surface area contributed by atoms with Crippen LogP contribution >= 0.6 is 0 Å². The summed E-state index contributed by atoms with van der Waals surface area (Å²) in [5.74, 6) is 3.59. The zero-order valence-electron chi connectivity index (χ0n) is 52.4. The van der Waals surface area contributed by atoms with Crippen LogP contribution in [0.2, 0.25) is 0 Å². The minimum Gasteiger partial charge on any atom is -0.391 e. The molecular formula is C71H131OTiZr2. The molecule has 0 aromatic heterocycles. The van der Waals surface area contributed by atoms with Crippen molar-refractivity contribution < 1.29 is 79.2 Å². The average molecular weight is 1230 g/mol. The van der Waals surface area contributed by atoms with Gasteiger partial charge in [-0.3, -0.25) is 0 Å². The molecule has 1 N–H and O–H groups in total. The third kappa shape index (κ3) is 67.9. The van der Waals surface area contributed by atoms with Crippen LogP contribution in [0, 0.1) is 110 Å². The number of hydrogen-bond acceptors (Lipinski definition) is 1. The summed E-state index contributed by atoms with van der Waals surface area (Å²) >= 11 is 0. The van der Waals surface area contributed by atoms with Crippen molar-refractivity contribution >= 4 is 0 Å². The molecule has 433 valence electrons. The molecule has 1 radical (unpaired) electrons. The Kier molecular flexibility index (Phi) is 99.2. The third-order valence-corrected chi connectivity index (χ3v) is 12.3. The van der Waals surface area contributed by atoms with Gasteiger partial charge in [0, 0.05) is 0 Å². The smallest absolute Gasteiger partial charge is 0.391 e. The van der Waals surface area contributed by atoms with Gasteiger partial charge in [-0.2, -0.15) is 24.6 Å². The van der Waals surface area contributed by atoms with Crippen molar-refractivity contribution in [2.75, 3.05) is 0 Å². The van der Waals surface area contributed by atoms with Gasteiger partial charge in [-0.05, 0) is 87.5 Å². The Bertz CT molecular complexity index is 1240. The molecular weight excluding hydrogens is 1100 g/mol. The first kappa shape index (κ1) is 107. The van der Waals surface area contributed by atoms with E-state index >= 15 is 0 Å². The van der Waals surface area contributed by atoms with Crippen molar-refractivity contribution in [1.82, 2.24) is 0 Å². The average Bonchev–Trinajstić information content (AvgIpc) is 4.11. The maximum absolute atomic E-state index is 8.52. The third-order valence-electron chi connectivity index (χ3n) is 12.3. The zero-order valence-corrected chi connectivity index (χ0v) is 58.9. The number of fused-ring (bicyclic) bond motifs is 2. The maximum atomic E-state index is 8.52.